The number of hydrogen-bond donors (Lipinski definition) is 1. The Kier molecular flexibility index (Phi) is 4.36. The van der Waals surface area contributed by atoms with Crippen LogP contribution in [0.25, 0.3) is 0 Å². The number of ether oxygens (including phenoxy) is 1. The molecule has 4 heteroatoms. The molecule has 1 aliphatic rings. The van der Waals surface area contributed by atoms with Crippen molar-refractivity contribution in [2.75, 3.05) is 32.6 Å². The van der Waals surface area contributed by atoms with E-state index >= 15 is 0 Å². The van der Waals surface area contributed by atoms with Crippen molar-refractivity contribution in [3.8, 4) is 5.75 Å². The summed E-state index contributed by atoms with van der Waals surface area (Å²) in [6.45, 7) is 1.05. The SMILES string of the molecule is CNCCC1CCc2cc(OC)c(Cl)cc2N1C. The van der Waals surface area contributed by atoms with Crippen molar-refractivity contribution >= 4 is 17.3 Å². The maximum atomic E-state index is 6.21. The third kappa shape index (κ3) is 2.57. The number of fused-ring (bicyclic) bond motifs is 1. The lowest BCUT2D eigenvalue weighted by atomic mass is 9.94. The second-order valence-corrected chi connectivity index (χ2v) is 5.22. The first-order valence-corrected chi connectivity index (χ1v) is 6.79. The van der Waals surface area contributed by atoms with Gasteiger partial charge in [0.05, 0.1) is 12.1 Å². The lowest BCUT2D eigenvalue weighted by Crippen LogP contribution is -2.37. The van der Waals surface area contributed by atoms with E-state index in [0.717, 1.165) is 25.1 Å². The molecule has 0 radical (unpaired) electrons. The molecule has 0 saturated carbocycles. The van der Waals surface area contributed by atoms with Crippen LogP contribution in [0.3, 0.4) is 0 Å². The van der Waals surface area contributed by atoms with E-state index in [1.54, 1.807) is 7.11 Å². The standard InChI is InChI=1S/C14H21ClN2O/c1-16-7-6-11-5-4-10-8-14(18-3)12(15)9-13(10)17(11)2/h8-9,11,16H,4-7H2,1-3H3. The highest BCUT2D eigenvalue weighted by Gasteiger charge is 2.24. The minimum Gasteiger partial charge on any atom is -0.495 e. The van der Waals surface area contributed by atoms with E-state index in [2.05, 4.69) is 23.3 Å². The molecule has 1 N–H and O–H groups in total. The summed E-state index contributed by atoms with van der Waals surface area (Å²) in [6.07, 6.45) is 3.45. The van der Waals surface area contributed by atoms with Gasteiger partial charge in [-0.05, 0) is 50.6 Å². The summed E-state index contributed by atoms with van der Waals surface area (Å²) in [7, 11) is 5.81. The fraction of sp³-hybridized carbons (Fsp3) is 0.571. The molecule has 18 heavy (non-hydrogen) atoms. The smallest absolute Gasteiger partial charge is 0.137 e. The molecule has 3 nitrogen and oxygen atoms in total. The molecule has 1 unspecified atom stereocenters. The van der Waals surface area contributed by atoms with E-state index in [1.165, 1.54) is 17.7 Å². The molecule has 1 heterocycles. The maximum absolute atomic E-state index is 6.21. The van der Waals surface area contributed by atoms with Gasteiger partial charge in [0.15, 0.2) is 0 Å². The Balaban J connectivity index is 2.23. The second kappa shape index (κ2) is 5.81. The number of anilines is 1. The van der Waals surface area contributed by atoms with Gasteiger partial charge in [-0.1, -0.05) is 11.6 Å². The van der Waals surface area contributed by atoms with E-state index in [0.29, 0.717) is 11.1 Å². The number of methoxy groups -OCH3 is 1. The van der Waals surface area contributed by atoms with Crippen LogP contribution in [0.1, 0.15) is 18.4 Å². The fourth-order valence-corrected chi connectivity index (χ4v) is 2.87. The number of aryl methyl sites for hydroxylation is 1. The largest absolute Gasteiger partial charge is 0.495 e. The molecule has 0 aromatic heterocycles. The number of benzene rings is 1. The van der Waals surface area contributed by atoms with Crippen molar-refractivity contribution < 1.29 is 4.74 Å². The maximum Gasteiger partial charge on any atom is 0.137 e. The average molecular weight is 269 g/mol. The Morgan fingerprint density at radius 2 is 2.28 bits per heavy atom. The minimum atomic E-state index is 0.592. The third-order valence-corrected chi connectivity index (χ3v) is 4.05. The molecular weight excluding hydrogens is 248 g/mol. The lowest BCUT2D eigenvalue weighted by molar-refractivity contribution is 0.413. The van der Waals surface area contributed by atoms with Gasteiger partial charge in [-0.2, -0.15) is 0 Å². The highest BCUT2D eigenvalue weighted by Crippen LogP contribution is 2.37. The Morgan fingerprint density at radius 3 is 2.94 bits per heavy atom. The molecule has 1 atom stereocenters. The van der Waals surface area contributed by atoms with Gasteiger partial charge in [-0.15, -0.1) is 0 Å². The summed E-state index contributed by atoms with van der Waals surface area (Å²) in [5.41, 5.74) is 2.58. The summed E-state index contributed by atoms with van der Waals surface area (Å²) < 4.78 is 5.28. The van der Waals surface area contributed by atoms with E-state index in [4.69, 9.17) is 16.3 Å². The Hall–Kier alpha value is -0.930. The van der Waals surface area contributed by atoms with Crippen LogP contribution >= 0.6 is 11.6 Å². The molecule has 100 valence electrons. The first kappa shape index (κ1) is 13.5. The highest BCUT2D eigenvalue weighted by atomic mass is 35.5. The number of hydrogen-bond acceptors (Lipinski definition) is 3. The van der Waals surface area contributed by atoms with Crippen molar-refractivity contribution in [2.24, 2.45) is 0 Å². The molecule has 1 aromatic carbocycles. The van der Waals surface area contributed by atoms with Crippen LogP contribution in [-0.2, 0) is 6.42 Å². The van der Waals surface area contributed by atoms with Crippen LogP contribution in [0.5, 0.6) is 5.75 Å². The van der Waals surface area contributed by atoms with Crippen LogP contribution < -0.4 is 15.0 Å². The van der Waals surface area contributed by atoms with E-state index in [1.807, 2.05) is 13.1 Å². The van der Waals surface area contributed by atoms with Crippen LogP contribution in [0, 0.1) is 0 Å². The van der Waals surface area contributed by atoms with Gasteiger partial charge in [0.2, 0.25) is 0 Å². The molecule has 1 aromatic rings. The van der Waals surface area contributed by atoms with E-state index in [9.17, 15) is 0 Å². The van der Waals surface area contributed by atoms with Gasteiger partial charge in [0.25, 0.3) is 0 Å². The van der Waals surface area contributed by atoms with Crippen molar-refractivity contribution in [3.05, 3.63) is 22.7 Å². The number of nitrogens with zero attached hydrogens (tertiary/aromatic N) is 1. The molecule has 0 fully saturated rings. The van der Waals surface area contributed by atoms with Crippen LogP contribution in [0.15, 0.2) is 12.1 Å². The fourth-order valence-electron chi connectivity index (χ4n) is 2.63. The molecule has 0 bridgehead atoms. The van der Waals surface area contributed by atoms with Crippen molar-refractivity contribution in [1.82, 2.24) is 5.32 Å². The summed E-state index contributed by atoms with van der Waals surface area (Å²) in [5, 5.41) is 3.91. The van der Waals surface area contributed by atoms with Crippen molar-refractivity contribution in [2.45, 2.75) is 25.3 Å². The van der Waals surface area contributed by atoms with Gasteiger partial charge < -0.3 is 15.0 Å². The summed E-state index contributed by atoms with van der Waals surface area (Å²) in [6, 6.07) is 4.69. The molecule has 0 aliphatic carbocycles. The molecule has 1 aliphatic heterocycles. The van der Waals surface area contributed by atoms with Crippen LogP contribution in [0.4, 0.5) is 5.69 Å². The zero-order valence-electron chi connectivity index (χ0n) is 11.3. The number of halogens is 1. The molecular formula is C14H21ClN2O. The van der Waals surface area contributed by atoms with Gasteiger partial charge in [0.1, 0.15) is 5.75 Å². The Labute approximate surface area is 114 Å². The zero-order valence-corrected chi connectivity index (χ0v) is 12.0. The van der Waals surface area contributed by atoms with Crippen LogP contribution in [-0.4, -0.2) is 33.8 Å². The minimum absolute atomic E-state index is 0.592. The molecule has 0 amide bonds. The lowest BCUT2D eigenvalue weighted by Gasteiger charge is -2.36. The number of nitrogens with one attached hydrogen (secondary N) is 1. The number of rotatable bonds is 4. The second-order valence-electron chi connectivity index (χ2n) is 4.81. The quantitative estimate of drug-likeness (QED) is 0.909. The zero-order chi connectivity index (χ0) is 13.1. The molecule has 0 spiro atoms. The first-order valence-electron chi connectivity index (χ1n) is 6.41. The summed E-state index contributed by atoms with van der Waals surface area (Å²) in [5.74, 6) is 0.775. The predicted molar refractivity (Wildman–Crippen MR) is 77.1 cm³/mol. The van der Waals surface area contributed by atoms with Crippen molar-refractivity contribution in [1.29, 1.82) is 0 Å². The first-order chi connectivity index (χ1) is 8.67. The summed E-state index contributed by atoms with van der Waals surface area (Å²) in [4.78, 5) is 2.35. The highest BCUT2D eigenvalue weighted by molar-refractivity contribution is 6.32. The van der Waals surface area contributed by atoms with Gasteiger partial charge in [-0.3, -0.25) is 0 Å². The van der Waals surface area contributed by atoms with Gasteiger partial charge in [0, 0.05) is 18.8 Å². The normalized spacial score (nSPS) is 18.7. The topological polar surface area (TPSA) is 24.5 Å². The Morgan fingerprint density at radius 1 is 1.50 bits per heavy atom. The predicted octanol–water partition coefficient (Wildman–Crippen LogP) is 2.71. The monoisotopic (exact) mass is 268 g/mol. The van der Waals surface area contributed by atoms with Crippen molar-refractivity contribution in [3.63, 3.8) is 0 Å². The van der Waals surface area contributed by atoms with E-state index < -0.39 is 0 Å². The van der Waals surface area contributed by atoms with E-state index in [-0.39, 0.29) is 0 Å². The molecule has 0 saturated heterocycles. The molecule has 2 rings (SSSR count). The van der Waals surface area contributed by atoms with Gasteiger partial charge >= 0.3 is 0 Å². The Bertz CT molecular complexity index is 423. The van der Waals surface area contributed by atoms with Gasteiger partial charge in [-0.25, -0.2) is 0 Å². The van der Waals surface area contributed by atoms with Crippen LogP contribution in [0.2, 0.25) is 5.02 Å². The summed E-state index contributed by atoms with van der Waals surface area (Å²) >= 11 is 6.21. The average Bonchev–Trinajstić information content (AvgIpc) is 2.38. The third-order valence-electron chi connectivity index (χ3n) is 3.76.